The highest BCUT2D eigenvalue weighted by molar-refractivity contribution is 5.07. The molecule has 0 aliphatic heterocycles. The molecular formula is C17H32N4. The summed E-state index contributed by atoms with van der Waals surface area (Å²) in [5.74, 6) is 1.32. The number of nitrogens with zero attached hydrogens (tertiary/aromatic N) is 3. The molecular weight excluding hydrogens is 260 g/mol. The standard InChI is InChI=1S/C17H32N4/c1-5-11-21-16(13-19-20-21)15-10-8-6-7-9-14(15)12-18-17(2,3)4/h13-15,18H,5-12H2,1-4H3. The lowest BCUT2D eigenvalue weighted by Crippen LogP contribution is -2.40. The highest BCUT2D eigenvalue weighted by Crippen LogP contribution is 2.36. The number of rotatable bonds is 5. The van der Waals surface area contributed by atoms with Crippen molar-refractivity contribution in [2.24, 2.45) is 5.92 Å². The van der Waals surface area contributed by atoms with E-state index in [1.807, 2.05) is 6.20 Å². The molecule has 1 heterocycles. The third-order valence-corrected chi connectivity index (χ3v) is 4.52. The fourth-order valence-electron chi connectivity index (χ4n) is 3.39. The van der Waals surface area contributed by atoms with E-state index in [4.69, 9.17) is 0 Å². The Bertz CT molecular complexity index is 419. The summed E-state index contributed by atoms with van der Waals surface area (Å²) in [5.41, 5.74) is 1.55. The zero-order valence-corrected chi connectivity index (χ0v) is 14.2. The van der Waals surface area contributed by atoms with Gasteiger partial charge in [0.1, 0.15) is 0 Å². The summed E-state index contributed by atoms with van der Waals surface area (Å²) in [6, 6.07) is 0. The molecule has 0 radical (unpaired) electrons. The first-order chi connectivity index (χ1) is 10.0. The quantitative estimate of drug-likeness (QED) is 0.841. The van der Waals surface area contributed by atoms with Crippen molar-refractivity contribution in [2.75, 3.05) is 6.54 Å². The Hall–Kier alpha value is -0.900. The van der Waals surface area contributed by atoms with Crippen LogP contribution in [0.4, 0.5) is 0 Å². The summed E-state index contributed by atoms with van der Waals surface area (Å²) >= 11 is 0. The highest BCUT2D eigenvalue weighted by Gasteiger charge is 2.28. The van der Waals surface area contributed by atoms with Gasteiger partial charge in [-0.15, -0.1) is 5.10 Å². The van der Waals surface area contributed by atoms with E-state index in [0.29, 0.717) is 11.8 Å². The van der Waals surface area contributed by atoms with Gasteiger partial charge < -0.3 is 5.32 Å². The van der Waals surface area contributed by atoms with E-state index in [-0.39, 0.29) is 5.54 Å². The monoisotopic (exact) mass is 292 g/mol. The lowest BCUT2D eigenvalue weighted by Gasteiger charge is -2.29. The highest BCUT2D eigenvalue weighted by atomic mass is 15.4. The Morgan fingerprint density at radius 3 is 2.71 bits per heavy atom. The van der Waals surface area contributed by atoms with E-state index in [9.17, 15) is 0 Å². The minimum absolute atomic E-state index is 0.193. The van der Waals surface area contributed by atoms with Crippen LogP contribution < -0.4 is 5.32 Å². The smallest absolute Gasteiger partial charge is 0.0728 e. The lowest BCUT2D eigenvalue weighted by atomic mass is 9.85. The van der Waals surface area contributed by atoms with Gasteiger partial charge in [-0.2, -0.15) is 0 Å². The van der Waals surface area contributed by atoms with Gasteiger partial charge >= 0.3 is 0 Å². The van der Waals surface area contributed by atoms with E-state index in [1.54, 1.807) is 0 Å². The summed E-state index contributed by atoms with van der Waals surface area (Å²) in [7, 11) is 0. The van der Waals surface area contributed by atoms with Crippen LogP contribution in [0.15, 0.2) is 6.20 Å². The lowest BCUT2D eigenvalue weighted by molar-refractivity contribution is 0.312. The maximum Gasteiger partial charge on any atom is 0.0728 e. The topological polar surface area (TPSA) is 42.7 Å². The molecule has 4 heteroatoms. The predicted molar refractivity (Wildman–Crippen MR) is 87.4 cm³/mol. The summed E-state index contributed by atoms with van der Waals surface area (Å²) < 4.78 is 2.14. The third-order valence-electron chi connectivity index (χ3n) is 4.52. The molecule has 1 aliphatic carbocycles. The average molecular weight is 292 g/mol. The van der Waals surface area contributed by atoms with E-state index in [2.05, 4.69) is 48.0 Å². The Morgan fingerprint density at radius 1 is 1.24 bits per heavy atom. The molecule has 2 atom stereocenters. The second-order valence-corrected chi connectivity index (χ2v) is 7.52. The van der Waals surface area contributed by atoms with Gasteiger partial charge in [-0.3, -0.25) is 0 Å². The summed E-state index contributed by atoms with van der Waals surface area (Å²) in [6.45, 7) is 11.1. The Labute approximate surface area is 129 Å². The van der Waals surface area contributed by atoms with Crippen molar-refractivity contribution in [3.05, 3.63) is 11.9 Å². The normalized spacial score (nSPS) is 24.0. The Kier molecular flexibility index (Phi) is 5.80. The van der Waals surface area contributed by atoms with E-state index < -0.39 is 0 Å². The van der Waals surface area contributed by atoms with Gasteiger partial charge in [-0.25, -0.2) is 4.68 Å². The molecule has 4 nitrogen and oxygen atoms in total. The first kappa shape index (κ1) is 16.5. The minimum Gasteiger partial charge on any atom is -0.312 e. The first-order valence-corrected chi connectivity index (χ1v) is 8.64. The largest absolute Gasteiger partial charge is 0.312 e. The van der Waals surface area contributed by atoms with Gasteiger partial charge in [0.05, 0.1) is 11.9 Å². The van der Waals surface area contributed by atoms with Crippen molar-refractivity contribution in [1.29, 1.82) is 0 Å². The van der Waals surface area contributed by atoms with Crippen LogP contribution in [0.25, 0.3) is 0 Å². The molecule has 120 valence electrons. The molecule has 1 aliphatic rings. The number of hydrogen-bond acceptors (Lipinski definition) is 3. The fraction of sp³-hybridized carbons (Fsp3) is 0.882. The maximum absolute atomic E-state index is 4.30. The molecule has 0 amide bonds. The molecule has 1 N–H and O–H groups in total. The van der Waals surface area contributed by atoms with Gasteiger partial charge in [-0.05, 0) is 52.5 Å². The van der Waals surface area contributed by atoms with Crippen molar-refractivity contribution >= 4 is 0 Å². The van der Waals surface area contributed by atoms with Crippen LogP contribution in [0, 0.1) is 5.92 Å². The van der Waals surface area contributed by atoms with Crippen molar-refractivity contribution in [3.8, 4) is 0 Å². The summed E-state index contributed by atoms with van der Waals surface area (Å²) in [5, 5.41) is 12.2. The predicted octanol–water partition coefficient (Wildman–Crippen LogP) is 3.74. The zero-order valence-electron chi connectivity index (χ0n) is 14.2. The van der Waals surface area contributed by atoms with Crippen molar-refractivity contribution in [2.45, 2.75) is 84.2 Å². The Morgan fingerprint density at radius 2 is 2.00 bits per heavy atom. The van der Waals surface area contributed by atoms with Gasteiger partial charge in [0.25, 0.3) is 0 Å². The SMILES string of the molecule is CCCn1nncc1C1CCCCCC1CNC(C)(C)C. The van der Waals surface area contributed by atoms with E-state index in [1.165, 1.54) is 37.8 Å². The van der Waals surface area contributed by atoms with Crippen molar-refractivity contribution in [1.82, 2.24) is 20.3 Å². The molecule has 2 rings (SSSR count). The van der Waals surface area contributed by atoms with E-state index in [0.717, 1.165) is 19.5 Å². The van der Waals surface area contributed by atoms with Crippen LogP contribution in [-0.2, 0) is 6.54 Å². The van der Waals surface area contributed by atoms with Crippen molar-refractivity contribution < 1.29 is 0 Å². The fourth-order valence-corrected chi connectivity index (χ4v) is 3.39. The summed E-state index contributed by atoms with van der Waals surface area (Å²) in [6.07, 6.45) is 9.82. The van der Waals surface area contributed by atoms with Crippen molar-refractivity contribution in [3.63, 3.8) is 0 Å². The maximum atomic E-state index is 4.30. The van der Waals surface area contributed by atoms with Crippen LogP contribution in [0.5, 0.6) is 0 Å². The van der Waals surface area contributed by atoms with Gasteiger partial charge in [0, 0.05) is 18.0 Å². The van der Waals surface area contributed by atoms with Crippen LogP contribution in [-0.4, -0.2) is 27.1 Å². The second kappa shape index (κ2) is 7.39. The molecule has 1 fully saturated rings. The number of aromatic nitrogens is 3. The molecule has 0 spiro atoms. The Balaban J connectivity index is 2.13. The molecule has 1 aromatic rings. The van der Waals surface area contributed by atoms with Gasteiger partial charge in [0.2, 0.25) is 0 Å². The number of nitrogens with one attached hydrogen (secondary N) is 1. The summed E-state index contributed by atoms with van der Waals surface area (Å²) in [4.78, 5) is 0. The molecule has 0 aromatic carbocycles. The molecule has 21 heavy (non-hydrogen) atoms. The van der Waals surface area contributed by atoms with Crippen LogP contribution >= 0.6 is 0 Å². The van der Waals surface area contributed by atoms with Crippen LogP contribution in [0.2, 0.25) is 0 Å². The van der Waals surface area contributed by atoms with Crippen LogP contribution in [0.1, 0.15) is 77.8 Å². The van der Waals surface area contributed by atoms with Gasteiger partial charge in [-0.1, -0.05) is 31.4 Å². The molecule has 2 unspecified atom stereocenters. The molecule has 1 aromatic heterocycles. The second-order valence-electron chi connectivity index (χ2n) is 7.52. The van der Waals surface area contributed by atoms with Gasteiger partial charge in [0.15, 0.2) is 0 Å². The molecule has 0 saturated heterocycles. The average Bonchev–Trinajstić information content (AvgIpc) is 2.73. The third kappa shape index (κ3) is 4.80. The zero-order chi connectivity index (χ0) is 15.3. The number of hydrogen-bond donors (Lipinski definition) is 1. The number of aryl methyl sites for hydroxylation is 1. The van der Waals surface area contributed by atoms with Crippen LogP contribution in [0.3, 0.4) is 0 Å². The minimum atomic E-state index is 0.193. The first-order valence-electron chi connectivity index (χ1n) is 8.64. The molecule has 1 saturated carbocycles. The molecule has 0 bridgehead atoms. The van der Waals surface area contributed by atoms with E-state index >= 15 is 0 Å².